The Kier molecular flexibility index (Phi) is 5.04. The van der Waals surface area contributed by atoms with Gasteiger partial charge in [-0.15, -0.1) is 0 Å². The van der Waals surface area contributed by atoms with Crippen LogP contribution in [0.5, 0.6) is 0 Å². The molecule has 0 spiro atoms. The van der Waals surface area contributed by atoms with E-state index in [1.54, 1.807) is 0 Å². The van der Waals surface area contributed by atoms with E-state index < -0.39 is 0 Å². The molecule has 5 nitrogen and oxygen atoms in total. The molecule has 1 unspecified atom stereocenters. The van der Waals surface area contributed by atoms with Crippen molar-refractivity contribution in [1.29, 1.82) is 5.26 Å². The number of hydrogen-bond donors (Lipinski definition) is 2. The molecule has 0 saturated heterocycles. The molecule has 0 fully saturated rings. The smallest absolute Gasteiger partial charge is 0.183 e. The monoisotopic (exact) mass is 211 g/mol. The van der Waals surface area contributed by atoms with Crippen molar-refractivity contribution in [2.75, 3.05) is 12.3 Å². The molecule has 1 aromatic rings. The van der Waals surface area contributed by atoms with E-state index in [1.807, 2.05) is 0 Å². The van der Waals surface area contributed by atoms with Gasteiger partial charge in [0.05, 0.1) is 6.07 Å². The second-order valence-corrected chi connectivity index (χ2v) is 3.75. The number of thioether (sulfide) groups is 1. The fourth-order valence-electron chi connectivity index (χ4n) is 0.886. The summed E-state index contributed by atoms with van der Waals surface area (Å²) >= 11 is 1.50. The normalized spacial score (nSPS) is 12.3. The Labute approximate surface area is 87.3 Å². The molecule has 0 amide bonds. The van der Waals surface area contributed by atoms with E-state index in [-0.39, 0.29) is 6.04 Å². The molecule has 2 N–H and O–H groups in total. The van der Waals surface area contributed by atoms with Crippen LogP contribution in [0.3, 0.4) is 0 Å². The van der Waals surface area contributed by atoms with E-state index in [1.165, 1.54) is 18.1 Å². The fraction of sp³-hybridized carbons (Fsp3) is 0.625. The molecule has 0 aliphatic rings. The number of aromatic amines is 1. The lowest BCUT2D eigenvalue weighted by Crippen LogP contribution is -2.30. The summed E-state index contributed by atoms with van der Waals surface area (Å²) in [5, 5.41) is 19.2. The molecular weight excluding hydrogens is 198 g/mol. The molecule has 0 aliphatic carbocycles. The van der Waals surface area contributed by atoms with Gasteiger partial charge in [-0.05, 0) is 13.0 Å². The number of aromatic nitrogens is 3. The van der Waals surface area contributed by atoms with Crippen LogP contribution < -0.4 is 5.32 Å². The SMILES string of the molecule is CCCNC(C#N)CSc1ncn[nH]1. The van der Waals surface area contributed by atoms with Crippen LogP contribution in [0.1, 0.15) is 13.3 Å². The second kappa shape index (κ2) is 6.40. The van der Waals surface area contributed by atoms with Crippen molar-refractivity contribution in [1.82, 2.24) is 20.5 Å². The maximum atomic E-state index is 8.81. The van der Waals surface area contributed by atoms with Gasteiger partial charge in [-0.3, -0.25) is 5.10 Å². The van der Waals surface area contributed by atoms with Crippen LogP contribution in [-0.2, 0) is 0 Å². The number of nitriles is 1. The summed E-state index contributed by atoms with van der Waals surface area (Å²) in [6, 6.07) is 2.08. The molecule has 1 heterocycles. The maximum Gasteiger partial charge on any atom is 0.183 e. The lowest BCUT2D eigenvalue weighted by molar-refractivity contribution is 0.637. The molecule has 14 heavy (non-hydrogen) atoms. The summed E-state index contributed by atoms with van der Waals surface area (Å²) in [7, 11) is 0. The quantitative estimate of drug-likeness (QED) is 0.680. The van der Waals surface area contributed by atoms with Gasteiger partial charge < -0.3 is 5.32 Å². The van der Waals surface area contributed by atoms with Crippen molar-refractivity contribution in [3.05, 3.63) is 6.33 Å². The van der Waals surface area contributed by atoms with Crippen molar-refractivity contribution < 1.29 is 0 Å². The molecule has 0 aromatic carbocycles. The van der Waals surface area contributed by atoms with Gasteiger partial charge in [0.2, 0.25) is 0 Å². The predicted octanol–water partition coefficient (Wildman–Crippen LogP) is 0.789. The van der Waals surface area contributed by atoms with Crippen LogP contribution in [-0.4, -0.2) is 33.5 Å². The van der Waals surface area contributed by atoms with Crippen molar-refractivity contribution in [2.24, 2.45) is 0 Å². The molecule has 0 bridgehead atoms. The number of nitrogens with one attached hydrogen (secondary N) is 2. The van der Waals surface area contributed by atoms with Crippen molar-refractivity contribution in [2.45, 2.75) is 24.5 Å². The number of hydrogen-bond acceptors (Lipinski definition) is 5. The second-order valence-electron chi connectivity index (χ2n) is 2.74. The summed E-state index contributed by atoms with van der Waals surface area (Å²) in [5.74, 6) is 0.686. The number of H-pyrrole nitrogens is 1. The highest BCUT2D eigenvalue weighted by molar-refractivity contribution is 7.99. The largest absolute Gasteiger partial charge is 0.301 e. The summed E-state index contributed by atoms with van der Waals surface area (Å²) in [4.78, 5) is 3.96. The molecule has 0 radical (unpaired) electrons. The zero-order valence-corrected chi connectivity index (χ0v) is 8.84. The maximum absolute atomic E-state index is 8.81. The van der Waals surface area contributed by atoms with E-state index >= 15 is 0 Å². The van der Waals surface area contributed by atoms with E-state index in [2.05, 4.69) is 33.5 Å². The predicted molar refractivity (Wildman–Crippen MR) is 54.8 cm³/mol. The van der Waals surface area contributed by atoms with Gasteiger partial charge >= 0.3 is 0 Å². The first-order valence-corrected chi connectivity index (χ1v) is 5.46. The third kappa shape index (κ3) is 3.77. The summed E-state index contributed by atoms with van der Waals surface area (Å²) in [5.41, 5.74) is 0. The van der Waals surface area contributed by atoms with Gasteiger partial charge in [-0.1, -0.05) is 18.7 Å². The van der Waals surface area contributed by atoms with Crippen LogP contribution in [0.25, 0.3) is 0 Å². The van der Waals surface area contributed by atoms with Crippen molar-refractivity contribution in [3.63, 3.8) is 0 Å². The first-order chi connectivity index (χ1) is 6.86. The third-order valence-electron chi connectivity index (χ3n) is 1.58. The standard InChI is InChI=1S/C8H13N5S/c1-2-3-10-7(4-9)5-14-8-11-6-12-13-8/h6-7,10H,2-3,5H2,1H3,(H,11,12,13). The molecule has 0 saturated carbocycles. The van der Waals surface area contributed by atoms with Gasteiger partial charge in [-0.25, -0.2) is 4.98 Å². The number of rotatable bonds is 6. The van der Waals surface area contributed by atoms with Gasteiger partial charge in [0.25, 0.3) is 0 Å². The van der Waals surface area contributed by atoms with E-state index in [9.17, 15) is 0 Å². The Morgan fingerprint density at radius 3 is 3.21 bits per heavy atom. The average Bonchev–Trinajstić information content (AvgIpc) is 2.71. The van der Waals surface area contributed by atoms with E-state index in [0.29, 0.717) is 5.75 Å². The topological polar surface area (TPSA) is 77.4 Å². The fourth-order valence-corrected chi connectivity index (χ4v) is 1.64. The van der Waals surface area contributed by atoms with Crippen LogP contribution in [0.2, 0.25) is 0 Å². The summed E-state index contributed by atoms with van der Waals surface area (Å²) in [6.07, 6.45) is 2.49. The Morgan fingerprint density at radius 2 is 2.64 bits per heavy atom. The van der Waals surface area contributed by atoms with Gasteiger partial charge in [0.1, 0.15) is 12.4 Å². The Balaban J connectivity index is 2.25. The molecule has 1 rings (SSSR count). The molecular formula is C8H13N5S. The van der Waals surface area contributed by atoms with E-state index in [4.69, 9.17) is 5.26 Å². The summed E-state index contributed by atoms with van der Waals surface area (Å²) in [6.45, 7) is 2.94. The molecule has 1 atom stereocenters. The van der Waals surface area contributed by atoms with Crippen LogP contribution >= 0.6 is 11.8 Å². The molecule has 1 aromatic heterocycles. The highest BCUT2D eigenvalue weighted by Gasteiger charge is 2.07. The van der Waals surface area contributed by atoms with Crippen molar-refractivity contribution in [3.8, 4) is 6.07 Å². The molecule has 0 aliphatic heterocycles. The zero-order chi connectivity index (χ0) is 10.2. The van der Waals surface area contributed by atoms with Gasteiger partial charge in [0.15, 0.2) is 5.16 Å². The van der Waals surface area contributed by atoms with Crippen LogP contribution in [0.4, 0.5) is 0 Å². The van der Waals surface area contributed by atoms with Gasteiger partial charge in [-0.2, -0.15) is 10.4 Å². The lowest BCUT2D eigenvalue weighted by Gasteiger charge is -2.08. The average molecular weight is 211 g/mol. The van der Waals surface area contributed by atoms with Crippen LogP contribution in [0.15, 0.2) is 11.5 Å². The first kappa shape index (κ1) is 11.0. The Bertz CT molecular complexity index is 278. The summed E-state index contributed by atoms with van der Waals surface area (Å²) < 4.78 is 0. The first-order valence-electron chi connectivity index (χ1n) is 4.48. The Hall–Kier alpha value is -1.06. The highest BCUT2D eigenvalue weighted by Crippen LogP contribution is 2.11. The van der Waals surface area contributed by atoms with Crippen LogP contribution in [0, 0.1) is 11.3 Å². The Morgan fingerprint density at radius 1 is 1.79 bits per heavy atom. The number of nitrogens with zero attached hydrogens (tertiary/aromatic N) is 3. The zero-order valence-electron chi connectivity index (χ0n) is 8.03. The minimum Gasteiger partial charge on any atom is -0.301 e. The lowest BCUT2D eigenvalue weighted by atomic mass is 10.3. The van der Waals surface area contributed by atoms with Crippen molar-refractivity contribution >= 4 is 11.8 Å². The van der Waals surface area contributed by atoms with E-state index in [0.717, 1.165) is 18.1 Å². The van der Waals surface area contributed by atoms with Gasteiger partial charge in [0, 0.05) is 5.75 Å². The molecule has 76 valence electrons. The molecule has 6 heteroatoms. The minimum atomic E-state index is -0.120. The third-order valence-corrected chi connectivity index (χ3v) is 2.55. The highest BCUT2D eigenvalue weighted by atomic mass is 32.2. The minimum absolute atomic E-state index is 0.120.